The quantitative estimate of drug-likeness (QED) is 0.674. The molecule has 0 amide bonds. The number of aromatic nitrogens is 2. The summed E-state index contributed by atoms with van der Waals surface area (Å²) >= 11 is 1.18. The fraction of sp³-hybridized carbons (Fsp3) is 0.381. The predicted molar refractivity (Wildman–Crippen MR) is 111 cm³/mol. The van der Waals surface area contributed by atoms with Crippen LogP contribution in [0.15, 0.2) is 34.4 Å². The molecular weight excluding hydrogens is 376 g/mol. The number of benzene rings is 1. The Morgan fingerprint density at radius 3 is 2.50 bits per heavy atom. The van der Waals surface area contributed by atoms with Gasteiger partial charge in [0, 0.05) is 11.8 Å². The fourth-order valence-corrected chi connectivity index (χ4v) is 3.95. The van der Waals surface area contributed by atoms with Crippen LogP contribution in [0, 0.1) is 0 Å². The third kappa shape index (κ3) is 3.94. The van der Waals surface area contributed by atoms with Crippen LogP contribution < -0.4 is 10.3 Å². The highest BCUT2D eigenvalue weighted by atomic mass is 32.1. The molecule has 148 valence electrons. The van der Waals surface area contributed by atoms with Gasteiger partial charge in [0.15, 0.2) is 0 Å². The molecule has 7 heteroatoms. The van der Waals surface area contributed by atoms with Crippen molar-refractivity contribution in [2.24, 2.45) is 0 Å². The number of nitrogens with zero attached hydrogens (tertiary/aromatic N) is 2. The monoisotopic (exact) mass is 400 g/mol. The number of hydrogen-bond acceptors (Lipinski definition) is 5. The third-order valence-electron chi connectivity index (χ3n) is 4.62. The van der Waals surface area contributed by atoms with Crippen LogP contribution in [-0.2, 0) is 18.4 Å². The number of carboxylic acid groups (broad SMARTS) is 1. The number of carbonyl (C=O) groups is 1. The van der Waals surface area contributed by atoms with Crippen molar-refractivity contribution >= 4 is 27.5 Å². The topological polar surface area (TPSA) is 81.4 Å². The lowest BCUT2D eigenvalue weighted by Gasteiger charge is -2.19. The van der Waals surface area contributed by atoms with Crippen molar-refractivity contribution in [3.63, 3.8) is 0 Å². The third-order valence-corrected chi connectivity index (χ3v) is 5.50. The van der Waals surface area contributed by atoms with Crippen LogP contribution in [0.1, 0.15) is 49.4 Å². The molecule has 0 fully saturated rings. The number of hydrogen-bond donors (Lipinski definition) is 1. The molecule has 0 saturated carbocycles. The smallest absolute Gasteiger partial charge is 0.337 e. The second-order valence-electron chi connectivity index (χ2n) is 7.60. The lowest BCUT2D eigenvalue weighted by molar-refractivity contribution is 0.0699. The number of fused-ring (bicyclic) bond motifs is 1. The Morgan fingerprint density at radius 1 is 1.25 bits per heavy atom. The average molecular weight is 401 g/mol. The lowest BCUT2D eigenvalue weighted by Crippen LogP contribution is -2.28. The molecule has 0 aliphatic carbocycles. The molecule has 3 rings (SSSR count). The molecule has 0 aliphatic heterocycles. The van der Waals surface area contributed by atoms with Gasteiger partial charge >= 0.3 is 5.97 Å². The van der Waals surface area contributed by atoms with E-state index in [1.54, 1.807) is 0 Å². The molecule has 28 heavy (non-hydrogen) atoms. The first-order valence-electron chi connectivity index (χ1n) is 9.20. The molecule has 0 aliphatic rings. The molecule has 0 radical (unpaired) electrons. The normalized spacial score (nSPS) is 11.7. The van der Waals surface area contributed by atoms with E-state index in [-0.39, 0.29) is 21.9 Å². The Morgan fingerprint density at radius 2 is 1.93 bits per heavy atom. The summed E-state index contributed by atoms with van der Waals surface area (Å²) in [4.78, 5) is 29.3. The number of thiophene rings is 1. The number of aryl methyl sites for hydroxylation is 1. The predicted octanol–water partition coefficient (Wildman–Crippen LogP) is 4.10. The van der Waals surface area contributed by atoms with Crippen molar-refractivity contribution in [3.05, 3.63) is 57.0 Å². The highest BCUT2D eigenvalue weighted by Gasteiger charge is 2.19. The Hall–Kier alpha value is -2.67. The van der Waals surface area contributed by atoms with Crippen LogP contribution in [0.4, 0.5) is 0 Å². The maximum absolute atomic E-state index is 12.9. The molecule has 6 nitrogen and oxygen atoms in total. The Bertz CT molecular complexity index is 1060. The SMILES string of the molecule is CCc1nc2scc(C(=O)O)c2c(=O)n1CCOc1ccc(C(C)(C)C)cc1. The summed E-state index contributed by atoms with van der Waals surface area (Å²) in [5.74, 6) is 0.244. The van der Waals surface area contributed by atoms with E-state index in [1.807, 2.05) is 31.2 Å². The van der Waals surface area contributed by atoms with Crippen LogP contribution in [-0.4, -0.2) is 27.2 Å². The van der Waals surface area contributed by atoms with Gasteiger partial charge in [0.25, 0.3) is 5.56 Å². The fourth-order valence-electron chi connectivity index (χ4n) is 3.03. The van der Waals surface area contributed by atoms with Crippen molar-refractivity contribution in [1.29, 1.82) is 0 Å². The van der Waals surface area contributed by atoms with Gasteiger partial charge in [0.05, 0.1) is 17.5 Å². The van der Waals surface area contributed by atoms with E-state index in [1.165, 1.54) is 26.8 Å². The minimum absolute atomic E-state index is 0.00703. The average Bonchev–Trinajstić information content (AvgIpc) is 3.07. The van der Waals surface area contributed by atoms with Crippen LogP contribution in [0.3, 0.4) is 0 Å². The molecule has 2 aromatic heterocycles. The summed E-state index contributed by atoms with van der Waals surface area (Å²) in [7, 11) is 0. The number of carboxylic acids is 1. The van der Waals surface area contributed by atoms with Crippen molar-refractivity contribution in [2.75, 3.05) is 6.61 Å². The highest BCUT2D eigenvalue weighted by molar-refractivity contribution is 7.17. The molecule has 0 spiro atoms. The van der Waals surface area contributed by atoms with E-state index in [0.717, 1.165) is 5.75 Å². The summed E-state index contributed by atoms with van der Waals surface area (Å²) in [6.07, 6.45) is 0.575. The molecule has 0 atom stereocenters. The molecular formula is C21H24N2O4S. The second kappa shape index (κ2) is 7.75. The van der Waals surface area contributed by atoms with E-state index in [2.05, 4.69) is 25.8 Å². The first-order valence-corrected chi connectivity index (χ1v) is 10.1. The molecule has 3 aromatic rings. The summed E-state index contributed by atoms with van der Waals surface area (Å²) in [5.41, 5.74) is 0.975. The number of aromatic carboxylic acids is 1. The van der Waals surface area contributed by atoms with E-state index in [0.29, 0.717) is 30.2 Å². The zero-order chi connectivity index (χ0) is 20.5. The molecule has 2 heterocycles. The lowest BCUT2D eigenvalue weighted by atomic mass is 9.87. The Balaban J connectivity index is 1.82. The van der Waals surface area contributed by atoms with Crippen molar-refractivity contribution in [1.82, 2.24) is 9.55 Å². The Kier molecular flexibility index (Phi) is 5.56. The van der Waals surface area contributed by atoms with Crippen LogP contribution >= 0.6 is 11.3 Å². The van der Waals surface area contributed by atoms with Gasteiger partial charge in [-0.15, -0.1) is 11.3 Å². The summed E-state index contributed by atoms with van der Waals surface area (Å²) in [6.45, 7) is 8.98. The van der Waals surface area contributed by atoms with Gasteiger partial charge in [0.2, 0.25) is 0 Å². The van der Waals surface area contributed by atoms with Crippen LogP contribution in [0.25, 0.3) is 10.2 Å². The first kappa shape index (κ1) is 20.1. The molecule has 0 saturated heterocycles. The zero-order valence-electron chi connectivity index (χ0n) is 16.5. The van der Waals surface area contributed by atoms with Crippen LogP contribution in [0.5, 0.6) is 5.75 Å². The minimum Gasteiger partial charge on any atom is -0.492 e. The largest absolute Gasteiger partial charge is 0.492 e. The van der Waals surface area contributed by atoms with Gasteiger partial charge in [-0.25, -0.2) is 9.78 Å². The van der Waals surface area contributed by atoms with Gasteiger partial charge in [0.1, 0.15) is 23.0 Å². The molecule has 1 N–H and O–H groups in total. The second-order valence-corrected chi connectivity index (χ2v) is 8.45. The van der Waals surface area contributed by atoms with E-state index >= 15 is 0 Å². The summed E-state index contributed by atoms with van der Waals surface area (Å²) in [6, 6.07) is 7.92. The summed E-state index contributed by atoms with van der Waals surface area (Å²) in [5, 5.41) is 11.0. The summed E-state index contributed by atoms with van der Waals surface area (Å²) < 4.78 is 7.32. The zero-order valence-corrected chi connectivity index (χ0v) is 17.3. The maximum atomic E-state index is 12.9. The van der Waals surface area contributed by atoms with Gasteiger partial charge in [-0.3, -0.25) is 9.36 Å². The van der Waals surface area contributed by atoms with Crippen LogP contribution in [0.2, 0.25) is 0 Å². The van der Waals surface area contributed by atoms with Crippen molar-refractivity contribution < 1.29 is 14.6 Å². The standard InChI is InChI=1S/C21H24N2O4S/c1-5-16-22-18-17(15(12-28-18)20(25)26)19(24)23(16)10-11-27-14-8-6-13(7-9-14)21(2,3)4/h6-9,12H,5,10-11H2,1-4H3,(H,25,26). The number of ether oxygens (including phenoxy) is 1. The minimum atomic E-state index is -1.11. The molecule has 0 bridgehead atoms. The van der Waals surface area contributed by atoms with Gasteiger partial charge in [-0.05, 0) is 23.1 Å². The van der Waals surface area contributed by atoms with E-state index < -0.39 is 5.97 Å². The van der Waals surface area contributed by atoms with E-state index in [4.69, 9.17) is 4.74 Å². The van der Waals surface area contributed by atoms with Gasteiger partial charge < -0.3 is 9.84 Å². The molecule has 0 unspecified atom stereocenters. The first-order chi connectivity index (χ1) is 13.2. The maximum Gasteiger partial charge on any atom is 0.337 e. The molecule has 1 aromatic carbocycles. The van der Waals surface area contributed by atoms with Crippen molar-refractivity contribution in [2.45, 2.75) is 46.1 Å². The van der Waals surface area contributed by atoms with E-state index in [9.17, 15) is 14.7 Å². The van der Waals surface area contributed by atoms with Gasteiger partial charge in [-0.2, -0.15) is 0 Å². The van der Waals surface area contributed by atoms with Gasteiger partial charge in [-0.1, -0.05) is 39.8 Å². The van der Waals surface area contributed by atoms with Crippen molar-refractivity contribution in [3.8, 4) is 5.75 Å². The Labute approximate surface area is 167 Å². The number of rotatable bonds is 6. The highest BCUT2D eigenvalue weighted by Crippen LogP contribution is 2.24.